The molecule has 0 spiro atoms. The zero-order valence-corrected chi connectivity index (χ0v) is 11.2. The Balaban J connectivity index is 1.96. The van der Waals surface area contributed by atoms with Crippen LogP contribution in [0.5, 0.6) is 0 Å². The predicted octanol–water partition coefficient (Wildman–Crippen LogP) is 3.65. The van der Waals surface area contributed by atoms with E-state index in [-0.39, 0.29) is 5.60 Å². The second kappa shape index (κ2) is 6.91. The Morgan fingerprint density at radius 1 is 1.00 bits per heavy atom. The van der Waals surface area contributed by atoms with Crippen molar-refractivity contribution >= 4 is 0 Å². The Labute approximate surface area is 111 Å². The summed E-state index contributed by atoms with van der Waals surface area (Å²) in [6.07, 6.45) is 8.62. The third kappa shape index (κ3) is 3.82. The molecule has 1 aromatic carbocycles. The van der Waals surface area contributed by atoms with E-state index in [0.29, 0.717) is 0 Å². The molecule has 0 unspecified atom stereocenters. The fraction of sp³-hybridized carbons (Fsp3) is 0.625. The lowest BCUT2D eigenvalue weighted by molar-refractivity contribution is -0.0711. The van der Waals surface area contributed by atoms with Gasteiger partial charge in [-0.2, -0.15) is 0 Å². The second-order valence-electron chi connectivity index (χ2n) is 5.41. The molecule has 2 rings (SSSR count). The minimum Gasteiger partial charge on any atom is -0.370 e. The maximum absolute atomic E-state index is 6.30. The molecular formula is C16H25NO. The van der Waals surface area contributed by atoms with Gasteiger partial charge in [-0.15, -0.1) is 0 Å². The number of nitrogens with two attached hydrogens (primary N) is 1. The lowest BCUT2D eigenvalue weighted by Gasteiger charge is -2.33. The highest BCUT2D eigenvalue weighted by atomic mass is 16.5. The predicted molar refractivity (Wildman–Crippen MR) is 75.3 cm³/mol. The summed E-state index contributed by atoms with van der Waals surface area (Å²) in [4.78, 5) is 0. The fourth-order valence-corrected chi connectivity index (χ4v) is 2.91. The van der Waals surface area contributed by atoms with Gasteiger partial charge in [-0.3, -0.25) is 0 Å². The molecule has 0 bridgehead atoms. The molecule has 0 aliphatic heterocycles. The zero-order valence-electron chi connectivity index (χ0n) is 11.2. The van der Waals surface area contributed by atoms with Gasteiger partial charge in [-0.25, -0.2) is 0 Å². The van der Waals surface area contributed by atoms with Crippen LogP contribution in [0.3, 0.4) is 0 Å². The molecule has 1 fully saturated rings. The maximum Gasteiger partial charge on any atom is 0.0724 e. The Morgan fingerprint density at radius 2 is 1.67 bits per heavy atom. The average Bonchev–Trinajstić information content (AvgIpc) is 2.64. The summed E-state index contributed by atoms with van der Waals surface area (Å²) in [5.74, 6) is 0. The lowest BCUT2D eigenvalue weighted by Crippen LogP contribution is -2.34. The minimum atomic E-state index is 0.0427. The average molecular weight is 247 g/mol. The molecule has 0 saturated heterocycles. The molecule has 1 saturated carbocycles. The summed E-state index contributed by atoms with van der Waals surface area (Å²) in [7, 11) is 0. The third-order valence-electron chi connectivity index (χ3n) is 4.00. The number of hydrogen-bond acceptors (Lipinski definition) is 2. The van der Waals surface area contributed by atoms with Crippen molar-refractivity contribution in [2.75, 3.05) is 6.54 Å². The summed E-state index contributed by atoms with van der Waals surface area (Å²) in [5, 5.41) is 0. The molecule has 0 atom stereocenters. The molecule has 1 aromatic rings. The Morgan fingerprint density at radius 3 is 2.28 bits per heavy atom. The lowest BCUT2D eigenvalue weighted by atomic mass is 9.90. The van der Waals surface area contributed by atoms with Crippen LogP contribution in [0.2, 0.25) is 0 Å². The van der Waals surface area contributed by atoms with Gasteiger partial charge in [0.25, 0.3) is 0 Å². The standard InChI is InChI=1S/C16H25NO/c17-13-12-16(10-6-1-2-7-11-16)18-14-15-8-4-3-5-9-15/h3-5,8-9H,1-2,6-7,10-14,17H2. The summed E-state index contributed by atoms with van der Waals surface area (Å²) in [6, 6.07) is 10.5. The van der Waals surface area contributed by atoms with E-state index in [9.17, 15) is 0 Å². The molecular weight excluding hydrogens is 222 g/mol. The van der Waals surface area contributed by atoms with Gasteiger partial charge in [0.2, 0.25) is 0 Å². The van der Waals surface area contributed by atoms with Crippen molar-refractivity contribution in [1.29, 1.82) is 0 Å². The number of rotatable bonds is 5. The SMILES string of the molecule is NCCC1(OCc2ccccc2)CCCCCC1. The molecule has 18 heavy (non-hydrogen) atoms. The van der Waals surface area contributed by atoms with Crippen LogP contribution in [0, 0.1) is 0 Å². The van der Waals surface area contributed by atoms with Crippen LogP contribution in [0.4, 0.5) is 0 Å². The van der Waals surface area contributed by atoms with Crippen LogP contribution in [0.1, 0.15) is 50.5 Å². The fourth-order valence-electron chi connectivity index (χ4n) is 2.91. The first-order chi connectivity index (χ1) is 8.85. The molecule has 2 N–H and O–H groups in total. The number of ether oxygens (including phenoxy) is 1. The van der Waals surface area contributed by atoms with E-state index in [1.54, 1.807) is 0 Å². The monoisotopic (exact) mass is 247 g/mol. The van der Waals surface area contributed by atoms with Crippen molar-refractivity contribution in [2.24, 2.45) is 5.73 Å². The van der Waals surface area contributed by atoms with Crippen molar-refractivity contribution in [3.63, 3.8) is 0 Å². The van der Waals surface area contributed by atoms with Crippen molar-refractivity contribution in [3.8, 4) is 0 Å². The van der Waals surface area contributed by atoms with Crippen LogP contribution >= 0.6 is 0 Å². The maximum atomic E-state index is 6.30. The van der Waals surface area contributed by atoms with Gasteiger partial charge in [0.15, 0.2) is 0 Å². The van der Waals surface area contributed by atoms with Crippen molar-refractivity contribution in [3.05, 3.63) is 35.9 Å². The first kappa shape index (κ1) is 13.6. The Bertz CT molecular complexity index is 328. The van der Waals surface area contributed by atoms with E-state index in [1.807, 2.05) is 6.07 Å². The molecule has 100 valence electrons. The van der Waals surface area contributed by atoms with Gasteiger partial charge in [-0.1, -0.05) is 56.0 Å². The van der Waals surface area contributed by atoms with Crippen molar-refractivity contribution < 1.29 is 4.74 Å². The normalized spacial score (nSPS) is 19.4. The summed E-state index contributed by atoms with van der Waals surface area (Å²) in [5.41, 5.74) is 7.09. The minimum absolute atomic E-state index is 0.0427. The number of benzene rings is 1. The van der Waals surface area contributed by atoms with Gasteiger partial charge in [-0.05, 0) is 31.4 Å². The van der Waals surface area contributed by atoms with Crippen LogP contribution in [-0.4, -0.2) is 12.1 Å². The highest BCUT2D eigenvalue weighted by molar-refractivity contribution is 5.13. The molecule has 0 heterocycles. The first-order valence-electron chi connectivity index (χ1n) is 7.23. The van der Waals surface area contributed by atoms with Crippen LogP contribution in [0.25, 0.3) is 0 Å². The molecule has 0 amide bonds. The molecule has 2 heteroatoms. The van der Waals surface area contributed by atoms with Gasteiger partial charge in [0, 0.05) is 0 Å². The van der Waals surface area contributed by atoms with Gasteiger partial charge in [0.05, 0.1) is 12.2 Å². The molecule has 1 aliphatic carbocycles. The zero-order chi connectivity index (χ0) is 12.7. The van der Waals surface area contributed by atoms with E-state index in [1.165, 1.54) is 44.1 Å². The number of hydrogen-bond donors (Lipinski definition) is 1. The van der Waals surface area contributed by atoms with Crippen LogP contribution < -0.4 is 5.73 Å². The molecule has 1 aliphatic rings. The highest BCUT2D eigenvalue weighted by Gasteiger charge is 2.30. The van der Waals surface area contributed by atoms with Crippen LogP contribution in [-0.2, 0) is 11.3 Å². The van der Waals surface area contributed by atoms with Gasteiger partial charge >= 0.3 is 0 Å². The quantitative estimate of drug-likeness (QED) is 0.806. The second-order valence-corrected chi connectivity index (χ2v) is 5.41. The van der Waals surface area contributed by atoms with Crippen molar-refractivity contribution in [2.45, 2.75) is 57.2 Å². The molecule has 0 radical (unpaired) electrons. The Hall–Kier alpha value is -0.860. The van der Waals surface area contributed by atoms with E-state index in [2.05, 4.69) is 24.3 Å². The molecule has 2 nitrogen and oxygen atoms in total. The highest BCUT2D eigenvalue weighted by Crippen LogP contribution is 2.33. The smallest absolute Gasteiger partial charge is 0.0724 e. The van der Waals surface area contributed by atoms with Crippen LogP contribution in [0.15, 0.2) is 30.3 Å². The Kier molecular flexibility index (Phi) is 5.21. The molecule has 0 aromatic heterocycles. The summed E-state index contributed by atoms with van der Waals surface area (Å²) in [6.45, 7) is 1.45. The third-order valence-corrected chi connectivity index (χ3v) is 4.00. The van der Waals surface area contributed by atoms with Crippen molar-refractivity contribution in [1.82, 2.24) is 0 Å². The van der Waals surface area contributed by atoms with E-state index in [0.717, 1.165) is 19.6 Å². The van der Waals surface area contributed by atoms with Gasteiger partial charge < -0.3 is 10.5 Å². The van der Waals surface area contributed by atoms with E-state index in [4.69, 9.17) is 10.5 Å². The topological polar surface area (TPSA) is 35.2 Å². The van der Waals surface area contributed by atoms with Gasteiger partial charge in [0.1, 0.15) is 0 Å². The van der Waals surface area contributed by atoms with E-state index >= 15 is 0 Å². The largest absolute Gasteiger partial charge is 0.370 e. The summed E-state index contributed by atoms with van der Waals surface area (Å²) < 4.78 is 6.30. The first-order valence-corrected chi connectivity index (χ1v) is 7.23. The summed E-state index contributed by atoms with van der Waals surface area (Å²) >= 11 is 0. The van der Waals surface area contributed by atoms with E-state index < -0.39 is 0 Å².